The van der Waals surface area contributed by atoms with Gasteiger partial charge in [0.15, 0.2) is 5.96 Å². The lowest BCUT2D eigenvalue weighted by molar-refractivity contribution is -0.154. The molecule has 1 aliphatic carbocycles. The Morgan fingerprint density at radius 3 is 2.33 bits per heavy atom. The number of nitrogens with two attached hydrogens (primary N) is 2. The number of guanidine groups is 1. The van der Waals surface area contributed by atoms with E-state index in [1.807, 2.05) is 0 Å². The molecule has 42 heavy (non-hydrogen) atoms. The fourth-order valence-electron chi connectivity index (χ4n) is 5.17. The zero-order valence-corrected chi connectivity index (χ0v) is 22.8. The van der Waals surface area contributed by atoms with Crippen LogP contribution in [0.15, 0.2) is 77.8 Å². The Kier molecular flexibility index (Phi) is 9.53. The minimum atomic E-state index is -1.32. The first-order valence-electron chi connectivity index (χ1n) is 13.4. The van der Waals surface area contributed by atoms with Gasteiger partial charge in [-0.3, -0.25) is 9.59 Å². The lowest BCUT2D eigenvalue weighted by Gasteiger charge is -2.31. The van der Waals surface area contributed by atoms with Crippen molar-refractivity contribution in [1.29, 1.82) is 0 Å². The SMILES string of the molecule is NC(N)=Nc1ccc(C(=O)Oc2ccc3c(c2)CCCC3CC(=O)N(CC(=O)O)[C@@H](Cc2ccccc2)C(=O)O)cc1. The van der Waals surface area contributed by atoms with Gasteiger partial charge >= 0.3 is 17.9 Å². The molecule has 218 valence electrons. The van der Waals surface area contributed by atoms with Gasteiger partial charge in [0.1, 0.15) is 18.3 Å². The molecule has 11 nitrogen and oxygen atoms in total. The summed E-state index contributed by atoms with van der Waals surface area (Å²) in [4.78, 5) is 54.8. The number of fused-ring (bicyclic) bond motifs is 1. The van der Waals surface area contributed by atoms with Gasteiger partial charge in [0.25, 0.3) is 0 Å². The maximum absolute atomic E-state index is 13.5. The first kappa shape index (κ1) is 29.8. The Morgan fingerprint density at radius 1 is 0.976 bits per heavy atom. The second-order valence-electron chi connectivity index (χ2n) is 10.1. The molecule has 0 fully saturated rings. The number of carbonyl (C=O) groups excluding carboxylic acids is 2. The van der Waals surface area contributed by atoms with Crippen LogP contribution in [0.3, 0.4) is 0 Å². The number of benzene rings is 3. The summed E-state index contributed by atoms with van der Waals surface area (Å²) in [5.74, 6) is -3.65. The van der Waals surface area contributed by atoms with Crippen LogP contribution in [-0.2, 0) is 27.2 Å². The topological polar surface area (TPSA) is 186 Å². The van der Waals surface area contributed by atoms with Gasteiger partial charge in [0.05, 0.1) is 11.3 Å². The van der Waals surface area contributed by atoms with Crippen molar-refractivity contribution in [3.8, 4) is 5.75 Å². The van der Waals surface area contributed by atoms with Crippen LogP contribution < -0.4 is 16.2 Å². The Bertz CT molecular complexity index is 1480. The minimum Gasteiger partial charge on any atom is -0.480 e. The van der Waals surface area contributed by atoms with Gasteiger partial charge in [-0.1, -0.05) is 36.4 Å². The maximum atomic E-state index is 13.5. The van der Waals surface area contributed by atoms with Crippen LogP contribution in [0.2, 0.25) is 0 Å². The van der Waals surface area contributed by atoms with E-state index in [1.54, 1.807) is 72.8 Å². The molecule has 0 spiro atoms. The molecule has 0 saturated carbocycles. The van der Waals surface area contributed by atoms with E-state index in [0.717, 1.165) is 22.4 Å². The van der Waals surface area contributed by atoms with Crippen molar-refractivity contribution in [2.75, 3.05) is 6.54 Å². The van der Waals surface area contributed by atoms with E-state index in [0.29, 0.717) is 35.4 Å². The highest BCUT2D eigenvalue weighted by molar-refractivity contribution is 5.91. The van der Waals surface area contributed by atoms with Crippen LogP contribution in [0.5, 0.6) is 5.75 Å². The van der Waals surface area contributed by atoms with E-state index in [4.69, 9.17) is 16.2 Å². The van der Waals surface area contributed by atoms with Gasteiger partial charge in [0, 0.05) is 12.8 Å². The third-order valence-electron chi connectivity index (χ3n) is 7.10. The highest BCUT2D eigenvalue weighted by Crippen LogP contribution is 2.36. The third-order valence-corrected chi connectivity index (χ3v) is 7.10. The lowest BCUT2D eigenvalue weighted by Crippen LogP contribution is -2.49. The Labute approximate surface area is 242 Å². The predicted octanol–water partition coefficient (Wildman–Crippen LogP) is 3.23. The average Bonchev–Trinajstić information content (AvgIpc) is 2.95. The number of aliphatic imine (C=N–C) groups is 1. The number of aliphatic carboxylic acids is 2. The van der Waals surface area contributed by atoms with Crippen molar-refractivity contribution in [2.24, 2.45) is 16.5 Å². The quantitative estimate of drug-likeness (QED) is 0.116. The van der Waals surface area contributed by atoms with Gasteiger partial charge in [-0.2, -0.15) is 0 Å². The number of carbonyl (C=O) groups is 4. The zero-order valence-electron chi connectivity index (χ0n) is 22.8. The zero-order chi connectivity index (χ0) is 30.2. The van der Waals surface area contributed by atoms with E-state index >= 15 is 0 Å². The third kappa shape index (κ3) is 7.72. The number of rotatable bonds is 11. The van der Waals surface area contributed by atoms with Crippen LogP contribution >= 0.6 is 0 Å². The van der Waals surface area contributed by atoms with Gasteiger partial charge in [-0.15, -0.1) is 0 Å². The number of hydrogen-bond donors (Lipinski definition) is 4. The number of esters is 1. The van der Waals surface area contributed by atoms with E-state index in [1.165, 1.54) is 0 Å². The molecule has 0 heterocycles. The number of carboxylic acids is 2. The van der Waals surface area contributed by atoms with Gasteiger partial charge in [-0.05, 0) is 78.3 Å². The van der Waals surface area contributed by atoms with E-state index < -0.39 is 36.4 Å². The largest absolute Gasteiger partial charge is 0.480 e. The van der Waals surface area contributed by atoms with Crippen molar-refractivity contribution in [2.45, 2.75) is 44.1 Å². The fraction of sp³-hybridized carbons (Fsp3) is 0.258. The molecule has 1 aliphatic rings. The van der Waals surface area contributed by atoms with E-state index in [2.05, 4.69) is 4.99 Å². The molecule has 0 bridgehead atoms. The smallest absolute Gasteiger partial charge is 0.343 e. The fourth-order valence-corrected chi connectivity index (χ4v) is 5.17. The highest BCUT2D eigenvalue weighted by atomic mass is 16.5. The van der Waals surface area contributed by atoms with E-state index in [9.17, 15) is 29.4 Å². The Morgan fingerprint density at radius 2 is 1.69 bits per heavy atom. The molecule has 0 aliphatic heterocycles. The van der Waals surface area contributed by atoms with Crippen LogP contribution in [-0.4, -0.2) is 57.5 Å². The number of aryl methyl sites for hydroxylation is 1. The van der Waals surface area contributed by atoms with Crippen LogP contribution in [0.1, 0.15) is 52.2 Å². The predicted molar refractivity (Wildman–Crippen MR) is 155 cm³/mol. The van der Waals surface area contributed by atoms with Gasteiger partial charge < -0.3 is 31.3 Å². The van der Waals surface area contributed by atoms with Crippen molar-refractivity contribution < 1.29 is 34.1 Å². The second-order valence-corrected chi connectivity index (χ2v) is 10.1. The molecule has 3 aromatic rings. The van der Waals surface area contributed by atoms with Crippen molar-refractivity contribution in [1.82, 2.24) is 4.90 Å². The lowest BCUT2D eigenvalue weighted by atomic mass is 9.80. The number of hydrogen-bond acceptors (Lipinski definition) is 6. The summed E-state index contributed by atoms with van der Waals surface area (Å²) in [6.07, 6.45) is 2.10. The summed E-state index contributed by atoms with van der Waals surface area (Å²) in [5, 5.41) is 19.4. The Balaban J connectivity index is 1.48. The molecule has 2 atom stereocenters. The summed E-state index contributed by atoms with van der Waals surface area (Å²) in [7, 11) is 0. The van der Waals surface area contributed by atoms with Crippen molar-refractivity contribution in [3.05, 3.63) is 95.1 Å². The van der Waals surface area contributed by atoms with Crippen molar-refractivity contribution in [3.63, 3.8) is 0 Å². The van der Waals surface area contributed by atoms with E-state index in [-0.39, 0.29) is 24.7 Å². The van der Waals surface area contributed by atoms with Crippen LogP contribution in [0.4, 0.5) is 5.69 Å². The number of carboxylic acid groups (broad SMARTS) is 2. The summed E-state index contributed by atoms with van der Waals surface area (Å²) >= 11 is 0. The number of ether oxygens (including phenoxy) is 1. The minimum absolute atomic E-state index is 0.0117. The molecular formula is C31H32N4O7. The van der Waals surface area contributed by atoms with Gasteiger partial charge in [-0.25, -0.2) is 14.6 Å². The molecular weight excluding hydrogens is 540 g/mol. The molecule has 1 unspecified atom stereocenters. The molecule has 1 amide bonds. The highest BCUT2D eigenvalue weighted by Gasteiger charge is 2.34. The molecule has 4 rings (SSSR count). The molecule has 0 aromatic heterocycles. The van der Waals surface area contributed by atoms with Gasteiger partial charge in [0.2, 0.25) is 5.91 Å². The van der Waals surface area contributed by atoms with Crippen molar-refractivity contribution >= 4 is 35.5 Å². The number of nitrogens with zero attached hydrogens (tertiary/aromatic N) is 2. The van der Waals surface area contributed by atoms with Crippen LogP contribution in [0.25, 0.3) is 0 Å². The average molecular weight is 573 g/mol. The molecule has 3 aromatic carbocycles. The maximum Gasteiger partial charge on any atom is 0.343 e. The molecule has 11 heteroatoms. The molecule has 6 N–H and O–H groups in total. The summed E-state index contributed by atoms with van der Waals surface area (Å²) in [6, 6.07) is 19.0. The monoisotopic (exact) mass is 572 g/mol. The summed E-state index contributed by atoms with van der Waals surface area (Å²) in [5.41, 5.74) is 14.0. The Hall–Kier alpha value is -5.19. The first-order chi connectivity index (χ1) is 20.1. The normalized spacial score (nSPS) is 14.6. The summed E-state index contributed by atoms with van der Waals surface area (Å²) in [6.45, 7) is -0.718. The number of amides is 1. The molecule has 0 saturated heterocycles. The molecule has 0 radical (unpaired) electrons. The van der Waals surface area contributed by atoms with Crippen LogP contribution in [0, 0.1) is 0 Å². The standard InChI is InChI=1S/C31H32N4O7/c32-31(33)34-23-11-9-20(10-12-23)30(41)42-24-13-14-25-21(16-24)7-4-8-22(25)17-27(36)35(18-28(37)38)26(29(39)40)15-19-5-2-1-3-6-19/h1-3,5-6,9-14,16,22,26H,4,7-8,15,17-18H2,(H,37,38)(H,39,40)(H4,32,33,34)/t22?,26-/m0/s1. The second kappa shape index (κ2) is 13.4. The summed E-state index contributed by atoms with van der Waals surface area (Å²) < 4.78 is 5.57. The first-order valence-corrected chi connectivity index (χ1v) is 13.4.